The summed E-state index contributed by atoms with van der Waals surface area (Å²) in [6, 6.07) is 9.09. The Hall–Kier alpha value is -2.10. The van der Waals surface area contributed by atoms with Gasteiger partial charge < -0.3 is 9.84 Å². The molecule has 4 saturated carbocycles. The molecule has 0 aromatic heterocycles. The Bertz CT molecular complexity index is 922. The number of hydrogen-bond donors (Lipinski definition) is 1. The highest BCUT2D eigenvalue weighted by molar-refractivity contribution is 5.89. The number of carbonyl (C=O) groups is 2. The summed E-state index contributed by atoms with van der Waals surface area (Å²) in [5.41, 5.74) is 1.02. The van der Waals surface area contributed by atoms with Crippen molar-refractivity contribution in [3.8, 4) is 0 Å². The van der Waals surface area contributed by atoms with Crippen LogP contribution >= 0.6 is 0 Å². The molecule has 4 nitrogen and oxygen atoms in total. The van der Waals surface area contributed by atoms with E-state index < -0.39 is 11.4 Å². The van der Waals surface area contributed by atoms with Crippen LogP contribution in [0.5, 0.6) is 0 Å². The second-order valence-corrected chi connectivity index (χ2v) is 11.2. The first-order valence-corrected chi connectivity index (χ1v) is 11.9. The Labute approximate surface area is 185 Å². The zero-order valence-corrected chi connectivity index (χ0v) is 18.7. The number of allylic oxidation sites excluding steroid dienone is 1. The van der Waals surface area contributed by atoms with Gasteiger partial charge in [0.05, 0.1) is 11.0 Å². The van der Waals surface area contributed by atoms with Crippen molar-refractivity contribution >= 4 is 11.9 Å². The van der Waals surface area contributed by atoms with Gasteiger partial charge in [-0.15, -0.1) is 0 Å². The van der Waals surface area contributed by atoms with Crippen LogP contribution in [0.4, 0.5) is 0 Å². The average Bonchev–Trinajstić information content (AvgIpc) is 3.14. The van der Waals surface area contributed by atoms with E-state index in [0.717, 1.165) is 38.5 Å². The smallest absolute Gasteiger partial charge is 0.338 e. The molecule has 0 heterocycles. The number of ether oxygens (including phenoxy) is 1. The summed E-state index contributed by atoms with van der Waals surface area (Å²) in [6.07, 6.45) is 7.45. The van der Waals surface area contributed by atoms with Gasteiger partial charge in [-0.25, -0.2) is 4.79 Å². The van der Waals surface area contributed by atoms with Crippen LogP contribution in [0, 0.1) is 34.0 Å². The number of aliphatic carboxylic acids is 1. The second-order valence-electron chi connectivity index (χ2n) is 11.2. The first-order valence-electron chi connectivity index (χ1n) is 11.9. The summed E-state index contributed by atoms with van der Waals surface area (Å²) in [7, 11) is 0. The lowest BCUT2D eigenvalue weighted by molar-refractivity contribution is -0.220. The van der Waals surface area contributed by atoms with Gasteiger partial charge in [0, 0.05) is 5.92 Å². The van der Waals surface area contributed by atoms with E-state index in [1.807, 2.05) is 25.1 Å². The van der Waals surface area contributed by atoms with E-state index in [4.69, 9.17) is 4.74 Å². The van der Waals surface area contributed by atoms with Crippen LogP contribution in [0.25, 0.3) is 0 Å². The Balaban J connectivity index is 1.58. The molecule has 1 aromatic carbocycles. The minimum atomic E-state index is -0.874. The number of carboxylic acids is 1. The number of benzene rings is 1. The van der Waals surface area contributed by atoms with E-state index in [0.29, 0.717) is 23.8 Å². The van der Waals surface area contributed by atoms with Gasteiger partial charge >= 0.3 is 11.9 Å². The van der Waals surface area contributed by atoms with Crippen molar-refractivity contribution in [3.05, 3.63) is 48.0 Å². The fourth-order valence-corrected chi connectivity index (χ4v) is 8.54. The molecule has 1 N–H and O–H groups in total. The molecule has 0 amide bonds. The fraction of sp³-hybridized carbons (Fsp3) is 0.630. The predicted molar refractivity (Wildman–Crippen MR) is 118 cm³/mol. The molecule has 4 heteroatoms. The molecular weight excluding hydrogens is 388 g/mol. The van der Waals surface area contributed by atoms with E-state index in [9.17, 15) is 14.7 Å². The highest BCUT2D eigenvalue weighted by atomic mass is 16.5. The molecular formula is C27H34O4. The molecule has 4 aliphatic rings. The Morgan fingerprint density at radius 3 is 2.58 bits per heavy atom. The first kappa shape index (κ1) is 20.8. The average molecular weight is 423 g/mol. The summed E-state index contributed by atoms with van der Waals surface area (Å²) in [5, 5.41) is 10.4. The quantitative estimate of drug-likeness (QED) is 0.488. The highest BCUT2D eigenvalue weighted by Crippen LogP contribution is 2.74. The SMILES string of the molecule is C=C1CC2C[C@@H](OC(=O)c3ccccc3)[C@H]3[C@](C)(C(=O)O)CCC[C@]3(C)C23CCC1C3. The van der Waals surface area contributed by atoms with Crippen molar-refractivity contribution < 1.29 is 19.4 Å². The predicted octanol–water partition coefficient (Wildman–Crippen LogP) is 5.88. The van der Waals surface area contributed by atoms with Gasteiger partial charge in [-0.1, -0.05) is 43.7 Å². The Morgan fingerprint density at radius 2 is 1.87 bits per heavy atom. The van der Waals surface area contributed by atoms with Gasteiger partial charge in [0.25, 0.3) is 0 Å². The minimum absolute atomic E-state index is 0.140. The van der Waals surface area contributed by atoms with Gasteiger partial charge in [-0.05, 0) is 86.7 Å². The van der Waals surface area contributed by atoms with Crippen LogP contribution in [-0.4, -0.2) is 23.1 Å². The van der Waals surface area contributed by atoms with Crippen molar-refractivity contribution in [3.63, 3.8) is 0 Å². The highest BCUT2D eigenvalue weighted by Gasteiger charge is 2.70. The monoisotopic (exact) mass is 422 g/mol. The molecule has 166 valence electrons. The molecule has 3 unspecified atom stereocenters. The summed E-state index contributed by atoms with van der Waals surface area (Å²) >= 11 is 0. The summed E-state index contributed by atoms with van der Waals surface area (Å²) in [6.45, 7) is 8.64. The number of esters is 1. The van der Waals surface area contributed by atoms with Crippen molar-refractivity contribution in [2.45, 2.75) is 71.3 Å². The molecule has 1 aromatic rings. The zero-order valence-electron chi connectivity index (χ0n) is 18.7. The normalized spacial score (nSPS) is 43.6. The molecule has 7 atom stereocenters. The third kappa shape index (κ3) is 2.79. The van der Waals surface area contributed by atoms with Crippen molar-refractivity contribution in [2.75, 3.05) is 0 Å². The van der Waals surface area contributed by atoms with E-state index in [-0.39, 0.29) is 28.8 Å². The minimum Gasteiger partial charge on any atom is -0.481 e. The topological polar surface area (TPSA) is 63.6 Å². The van der Waals surface area contributed by atoms with Gasteiger partial charge in [-0.2, -0.15) is 0 Å². The number of fused-ring (bicyclic) bond motifs is 2. The lowest BCUT2D eigenvalue weighted by Gasteiger charge is -2.67. The third-order valence-electron chi connectivity index (χ3n) is 9.96. The molecule has 5 rings (SSSR count). The maximum atomic E-state index is 13.1. The van der Waals surface area contributed by atoms with Crippen LogP contribution in [0.15, 0.2) is 42.5 Å². The van der Waals surface area contributed by atoms with Crippen LogP contribution in [0.3, 0.4) is 0 Å². The van der Waals surface area contributed by atoms with Crippen LogP contribution in [-0.2, 0) is 9.53 Å². The van der Waals surface area contributed by atoms with E-state index >= 15 is 0 Å². The van der Waals surface area contributed by atoms with Crippen molar-refractivity contribution in [2.24, 2.45) is 34.0 Å². The van der Waals surface area contributed by atoms with Crippen LogP contribution < -0.4 is 0 Å². The lowest BCUT2D eigenvalue weighted by atomic mass is 9.38. The number of carbonyl (C=O) groups excluding carboxylic acids is 1. The standard InChI is InChI=1S/C27H34O4/c1-17-14-20-15-21(31-23(28)18-8-5-4-6-9-18)22-25(2,24(29)30)11-7-12-26(22,3)27(20)13-10-19(17)16-27/h4-6,8-9,19-22H,1,7,10-16H2,2-3H3,(H,29,30)/t19?,20?,21-,22+,25-,26+,27?/m1/s1. The number of carboxylic acid groups (broad SMARTS) is 1. The maximum Gasteiger partial charge on any atom is 0.338 e. The molecule has 31 heavy (non-hydrogen) atoms. The summed E-state index contributed by atoms with van der Waals surface area (Å²) in [5.74, 6) is -0.241. The first-order chi connectivity index (χ1) is 14.7. The van der Waals surface area contributed by atoms with Gasteiger partial charge in [0.15, 0.2) is 0 Å². The van der Waals surface area contributed by atoms with Gasteiger partial charge in [0.2, 0.25) is 0 Å². The maximum absolute atomic E-state index is 13.1. The van der Waals surface area contributed by atoms with Crippen LogP contribution in [0.2, 0.25) is 0 Å². The van der Waals surface area contributed by atoms with Crippen LogP contribution in [0.1, 0.15) is 75.6 Å². The van der Waals surface area contributed by atoms with E-state index in [1.54, 1.807) is 12.1 Å². The molecule has 0 saturated heterocycles. The molecule has 4 fully saturated rings. The molecule has 0 aliphatic heterocycles. The largest absolute Gasteiger partial charge is 0.481 e. The van der Waals surface area contributed by atoms with Crippen molar-refractivity contribution in [1.82, 2.24) is 0 Å². The fourth-order valence-electron chi connectivity index (χ4n) is 8.54. The Morgan fingerprint density at radius 1 is 1.13 bits per heavy atom. The van der Waals surface area contributed by atoms with Crippen molar-refractivity contribution in [1.29, 1.82) is 0 Å². The van der Waals surface area contributed by atoms with Gasteiger partial charge in [0.1, 0.15) is 6.10 Å². The lowest BCUT2D eigenvalue weighted by Crippen LogP contribution is -2.65. The summed E-state index contributed by atoms with van der Waals surface area (Å²) < 4.78 is 6.21. The van der Waals surface area contributed by atoms with Gasteiger partial charge in [-0.3, -0.25) is 4.79 Å². The zero-order chi connectivity index (χ0) is 22.0. The molecule has 1 spiro atoms. The number of hydrogen-bond acceptors (Lipinski definition) is 3. The number of rotatable bonds is 3. The Kier molecular flexibility index (Phi) is 4.66. The second kappa shape index (κ2) is 6.95. The third-order valence-corrected chi connectivity index (χ3v) is 9.96. The molecule has 2 bridgehead atoms. The molecule has 0 radical (unpaired) electrons. The molecule has 4 aliphatic carbocycles. The van der Waals surface area contributed by atoms with E-state index in [2.05, 4.69) is 13.5 Å². The summed E-state index contributed by atoms with van der Waals surface area (Å²) in [4.78, 5) is 25.7. The van der Waals surface area contributed by atoms with E-state index in [1.165, 1.54) is 12.0 Å².